The van der Waals surface area contributed by atoms with Crippen LogP contribution in [0.15, 0.2) is 12.1 Å². The van der Waals surface area contributed by atoms with Crippen LogP contribution in [0.25, 0.3) is 0 Å². The molecule has 1 aromatic carbocycles. The minimum Gasteiger partial charge on any atom is -0.398 e. The molecule has 0 radical (unpaired) electrons. The molecule has 2 heteroatoms. The van der Waals surface area contributed by atoms with E-state index >= 15 is 0 Å². The van der Waals surface area contributed by atoms with E-state index in [1.165, 1.54) is 37.7 Å². The molecule has 0 aliphatic heterocycles. The fourth-order valence-corrected chi connectivity index (χ4v) is 1.90. The van der Waals surface area contributed by atoms with E-state index in [0.717, 1.165) is 23.4 Å². The Labute approximate surface area is 99.0 Å². The number of aryl methyl sites for hydroxylation is 1. The average Bonchev–Trinajstić information content (AvgIpc) is 2.25. The lowest BCUT2D eigenvalue weighted by Crippen LogP contribution is -1.98. The van der Waals surface area contributed by atoms with Crippen LogP contribution in [-0.4, -0.2) is 0 Å². The summed E-state index contributed by atoms with van der Waals surface area (Å²) in [6.07, 6.45) is 7.62. The van der Waals surface area contributed by atoms with Gasteiger partial charge in [-0.15, -0.1) is 0 Å². The van der Waals surface area contributed by atoms with Crippen LogP contribution in [0.3, 0.4) is 0 Å². The molecule has 1 aromatic rings. The van der Waals surface area contributed by atoms with Crippen molar-refractivity contribution >= 4 is 11.4 Å². The van der Waals surface area contributed by atoms with Gasteiger partial charge in [-0.05, 0) is 43.0 Å². The highest BCUT2D eigenvalue weighted by molar-refractivity contribution is 5.62. The van der Waals surface area contributed by atoms with Gasteiger partial charge in [0, 0.05) is 11.4 Å². The van der Waals surface area contributed by atoms with E-state index in [1.54, 1.807) is 0 Å². The Morgan fingerprint density at radius 2 is 1.50 bits per heavy atom. The zero-order chi connectivity index (χ0) is 12.0. The van der Waals surface area contributed by atoms with Crippen molar-refractivity contribution in [2.75, 3.05) is 11.5 Å². The van der Waals surface area contributed by atoms with E-state index in [0.29, 0.717) is 0 Å². The van der Waals surface area contributed by atoms with E-state index in [9.17, 15) is 0 Å². The largest absolute Gasteiger partial charge is 0.398 e. The van der Waals surface area contributed by atoms with Crippen molar-refractivity contribution in [1.82, 2.24) is 0 Å². The highest BCUT2D eigenvalue weighted by atomic mass is 14.6. The van der Waals surface area contributed by atoms with Gasteiger partial charge < -0.3 is 11.5 Å². The summed E-state index contributed by atoms with van der Waals surface area (Å²) in [4.78, 5) is 0. The fraction of sp³-hybridized carbons (Fsp3) is 0.571. The standard InChI is InChI=1S/C14H24N2/c1-3-4-5-6-7-8-12-9-13(15)11(2)14(16)10-12/h9-10H,3-8,15-16H2,1-2H3. The van der Waals surface area contributed by atoms with Crippen molar-refractivity contribution in [1.29, 1.82) is 0 Å². The average molecular weight is 220 g/mol. The third-order valence-electron chi connectivity index (χ3n) is 3.12. The number of anilines is 2. The second-order valence-electron chi connectivity index (χ2n) is 4.56. The predicted octanol–water partition coefficient (Wildman–Crippen LogP) is 3.67. The molecule has 0 amide bonds. The molecule has 0 saturated heterocycles. The summed E-state index contributed by atoms with van der Waals surface area (Å²) in [6.45, 7) is 4.21. The van der Waals surface area contributed by atoms with Crippen molar-refractivity contribution < 1.29 is 0 Å². The van der Waals surface area contributed by atoms with Crippen molar-refractivity contribution in [3.8, 4) is 0 Å². The molecule has 0 heterocycles. The molecule has 0 aliphatic carbocycles. The normalized spacial score (nSPS) is 10.6. The molecule has 0 unspecified atom stereocenters. The van der Waals surface area contributed by atoms with Gasteiger partial charge in [-0.2, -0.15) is 0 Å². The van der Waals surface area contributed by atoms with Crippen molar-refractivity contribution in [2.24, 2.45) is 0 Å². The quantitative estimate of drug-likeness (QED) is 0.567. The Morgan fingerprint density at radius 3 is 2.06 bits per heavy atom. The molecule has 0 aromatic heterocycles. The Bertz CT molecular complexity index is 309. The first-order valence-corrected chi connectivity index (χ1v) is 6.29. The number of hydrogen-bond donors (Lipinski definition) is 2. The molecular weight excluding hydrogens is 196 g/mol. The number of nitrogens with two attached hydrogens (primary N) is 2. The van der Waals surface area contributed by atoms with E-state index in [1.807, 2.05) is 6.92 Å². The SMILES string of the molecule is CCCCCCCc1cc(N)c(C)c(N)c1. The molecule has 4 N–H and O–H groups in total. The molecule has 0 spiro atoms. The number of rotatable bonds is 6. The van der Waals surface area contributed by atoms with Crippen molar-refractivity contribution in [2.45, 2.75) is 52.4 Å². The minimum absolute atomic E-state index is 0.823. The first-order chi connectivity index (χ1) is 7.65. The number of hydrogen-bond acceptors (Lipinski definition) is 2. The molecule has 0 fully saturated rings. The van der Waals surface area contributed by atoms with Gasteiger partial charge in [0.25, 0.3) is 0 Å². The second kappa shape index (κ2) is 6.41. The third kappa shape index (κ3) is 3.76. The van der Waals surface area contributed by atoms with Gasteiger partial charge in [0.2, 0.25) is 0 Å². The Kier molecular flexibility index (Phi) is 5.17. The first-order valence-electron chi connectivity index (χ1n) is 6.29. The second-order valence-corrected chi connectivity index (χ2v) is 4.56. The van der Waals surface area contributed by atoms with Gasteiger partial charge in [0.05, 0.1) is 0 Å². The molecule has 0 atom stereocenters. The fourth-order valence-electron chi connectivity index (χ4n) is 1.90. The molecular formula is C14H24N2. The molecule has 2 nitrogen and oxygen atoms in total. The van der Waals surface area contributed by atoms with Gasteiger partial charge >= 0.3 is 0 Å². The van der Waals surface area contributed by atoms with Gasteiger partial charge in [-0.25, -0.2) is 0 Å². The van der Waals surface area contributed by atoms with Gasteiger partial charge in [-0.3, -0.25) is 0 Å². The summed E-state index contributed by atoms with van der Waals surface area (Å²) in [6, 6.07) is 4.12. The lowest BCUT2D eigenvalue weighted by molar-refractivity contribution is 0.632. The summed E-state index contributed by atoms with van der Waals surface area (Å²) in [5.74, 6) is 0. The Morgan fingerprint density at radius 1 is 0.938 bits per heavy atom. The Balaban J connectivity index is 2.43. The summed E-state index contributed by atoms with van der Waals surface area (Å²) in [5.41, 5.74) is 15.7. The smallest absolute Gasteiger partial charge is 0.0367 e. The maximum Gasteiger partial charge on any atom is 0.0367 e. The molecule has 16 heavy (non-hydrogen) atoms. The van der Waals surface area contributed by atoms with Crippen LogP contribution < -0.4 is 11.5 Å². The lowest BCUT2D eigenvalue weighted by Gasteiger charge is -2.08. The number of nitrogen functional groups attached to an aromatic ring is 2. The molecule has 0 saturated carbocycles. The van der Waals surface area contributed by atoms with Crippen molar-refractivity contribution in [3.63, 3.8) is 0 Å². The summed E-state index contributed by atoms with van der Waals surface area (Å²) in [5, 5.41) is 0. The topological polar surface area (TPSA) is 52.0 Å². The summed E-state index contributed by atoms with van der Waals surface area (Å²) >= 11 is 0. The van der Waals surface area contributed by atoms with Crippen LogP contribution in [0.5, 0.6) is 0 Å². The van der Waals surface area contributed by atoms with Crippen LogP contribution >= 0.6 is 0 Å². The highest BCUT2D eigenvalue weighted by Crippen LogP contribution is 2.22. The zero-order valence-corrected chi connectivity index (χ0v) is 10.6. The molecule has 1 rings (SSSR count). The summed E-state index contributed by atoms with van der Waals surface area (Å²) in [7, 11) is 0. The number of benzene rings is 1. The van der Waals surface area contributed by atoms with Crippen LogP contribution in [0.4, 0.5) is 11.4 Å². The lowest BCUT2D eigenvalue weighted by atomic mass is 10.0. The zero-order valence-electron chi connectivity index (χ0n) is 10.6. The third-order valence-corrected chi connectivity index (χ3v) is 3.12. The van der Waals surface area contributed by atoms with Crippen LogP contribution in [-0.2, 0) is 6.42 Å². The monoisotopic (exact) mass is 220 g/mol. The number of unbranched alkanes of at least 4 members (excludes halogenated alkanes) is 4. The minimum atomic E-state index is 0.823. The molecule has 0 aliphatic rings. The van der Waals surface area contributed by atoms with Gasteiger partial charge in [0.1, 0.15) is 0 Å². The van der Waals surface area contributed by atoms with E-state index < -0.39 is 0 Å². The molecule has 90 valence electrons. The van der Waals surface area contributed by atoms with Crippen molar-refractivity contribution in [3.05, 3.63) is 23.3 Å². The molecule has 0 bridgehead atoms. The first kappa shape index (κ1) is 12.9. The van der Waals surface area contributed by atoms with Crippen LogP contribution in [0.2, 0.25) is 0 Å². The maximum absolute atomic E-state index is 5.89. The van der Waals surface area contributed by atoms with E-state index in [-0.39, 0.29) is 0 Å². The Hall–Kier alpha value is -1.18. The van der Waals surface area contributed by atoms with Crippen LogP contribution in [0.1, 0.15) is 50.2 Å². The maximum atomic E-state index is 5.89. The summed E-state index contributed by atoms with van der Waals surface area (Å²) < 4.78 is 0. The van der Waals surface area contributed by atoms with E-state index in [4.69, 9.17) is 11.5 Å². The van der Waals surface area contributed by atoms with Crippen LogP contribution in [0, 0.1) is 6.92 Å². The van der Waals surface area contributed by atoms with Gasteiger partial charge in [-0.1, -0.05) is 32.6 Å². The van der Waals surface area contributed by atoms with Gasteiger partial charge in [0.15, 0.2) is 0 Å². The predicted molar refractivity (Wildman–Crippen MR) is 72.5 cm³/mol. The highest BCUT2D eigenvalue weighted by Gasteiger charge is 2.02. The van der Waals surface area contributed by atoms with E-state index in [2.05, 4.69) is 19.1 Å².